The van der Waals surface area contributed by atoms with Crippen LogP contribution < -0.4 is 15.4 Å². The molecule has 28 heavy (non-hydrogen) atoms. The summed E-state index contributed by atoms with van der Waals surface area (Å²) >= 11 is 0. The zero-order valence-corrected chi connectivity index (χ0v) is 18.6. The molecule has 160 valence electrons. The third kappa shape index (κ3) is 10.4. The maximum absolute atomic E-state index is 12.1. The first-order valence-electron chi connectivity index (χ1n) is 9.41. The second kappa shape index (κ2) is 13.1. The van der Waals surface area contributed by atoms with E-state index in [4.69, 9.17) is 4.74 Å². The van der Waals surface area contributed by atoms with Gasteiger partial charge in [0.2, 0.25) is 0 Å². The Morgan fingerprint density at radius 2 is 1.79 bits per heavy atom. The normalized spacial score (nSPS) is 15.2. The van der Waals surface area contributed by atoms with Crippen molar-refractivity contribution in [3.8, 4) is 5.75 Å². The molecule has 0 bridgehead atoms. The summed E-state index contributed by atoms with van der Waals surface area (Å²) in [5.74, 6) is 0.921. The lowest BCUT2D eigenvalue weighted by atomic mass is 10.2. The lowest BCUT2D eigenvalue weighted by molar-refractivity contribution is -0.153. The van der Waals surface area contributed by atoms with Crippen molar-refractivity contribution in [2.75, 3.05) is 39.8 Å². The molecule has 0 atom stereocenters. The molecular formula is C19H30F3IN4O. The zero-order chi connectivity index (χ0) is 19.5. The Morgan fingerprint density at radius 1 is 1.11 bits per heavy atom. The van der Waals surface area contributed by atoms with Gasteiger partial charge < -0.3 is 20.3 Å². The molecule has 1 fully saturated rings. The van der Waals surface area contributed by atoms with Gasteiger partial charge in [0.15, 0.2) is 12.6 Å². The molecule has 5 nitrogen and oxygen atoms in total. The number of guanidine groups is 1. The van der Waals surface area contributed by atoms with Crippen LogP contribution in [0.2, 0.25) is 0 Å². The van der Waals surface area contributed by atoms with Gasteiger partial charge in [0.1, 0.15) is 5.75 Å². The minimum atomic E-state index is -4.33. The van der Waals surface area contributed by atoms with E-state index in [1.54, 1.807) is 19.2 Å². The molecule has 1 aromatic rings. The highest BCUT2D eigenvalue weighted by molar-refractivity contribution is 14.0. The topological polar surface area (TPSA) is 48.9 Å². The first kappa shape index (κ1) is 24.8. The molecule has 2 N–H and O–H groups in total. The number of rotatable bonds is 9. The second-order valence-electron chi connectivity index (χ2n) is 6.66. The number of unbranched alkanes of at least 4 members (excludes halogenated alkanes) is 1. The van der Waals surface area contributed by atoms with E-state index in [1.165, 1.54) is 44.5 Å². The summed E-state index contributed by atoms with van der Waals surface area (Å²) in [6.07, 6.45) is 0.577. The largest absolute Gasteiger partial charge is 0.484 e. The maximum atomic E-state index is 12.1. The predicted molar refractivity (Wildman–Crippen MR) is 117 cm³/mol. The first-order chi connectivity index (χ1) is 13.0. The highest BCUT2D eigenvalue weighted by Gasteiger charge is 2.28. The van der Waals surface area contributed by atoms with Gasteiger partial charge in [0, 0.05) is 20.1 Å². The van der Waals surface area contributed by atoms with Crippen LogP contribution in [0.3, 0.4) is 0 Å². The van der Waals surface area contributed by atoms with Gasteiger partial charge in [-0.3, -0.25) is 4.99 Å². The lowest BCUT2D eigenvalue weighted by Gasteiger charge is -2.15. The van der Waals surface area contributed by atoms with Gasteiger partial charge in [-0.2, -0.15) is 13.2 Å². The van der Waals surface area contributed by atoms with Crippen LogP contribution in [-0.2, 0) is 6.54 Å². The molecule has 0 amide bonds. The lowest BCUT2D eigenvalue weighted by Crippen LogP contribution is -2.37. The van der Waals surface area contributed by atoms with Crippen molar-refractivity contribution in [1.82, 2.24) is 15.5 Å². The minimum absolute atomic E-state index is 0. The van der Waals surface area contributed by atoms with Gasteiger partial charge in [0.25, 0.3) is 0 Å². The van der Waals surface area contributed by atoms with Crippen molar-refractivity contribution in [1.29, 1.82) is 0 Å². The summed E-state index contributed by atoms with van der Waals surface area (Å²) in [4.78, 5) is 6.70. The number of nitrogens with zero attached hydrogens (tertiary/aromatic N) is 2. The summed E-state index contributed by atoms with van der Waals surface area (Å²) in [7, 11) is 1.72. The van der Waals surface area contributed by atoms with Gasteiger partial charge in [0.05, 0.1) is 0 Å². The smallest absolute Gasteiger partial charge is 0.422 e. The van der Waals surface area contributed by atoms with Gasteiger partial charge in [-0.25, -0.2) is 0 Å². The van der Waals surface area contributed by atoms with Gasteiger partial charge in [-0.05, 0) is 63.0 Å². The van der Waals surface area contributed by atoms with Gasteiger partial charge in [-0.15, -0.1) is 24.0 Å². The monoisotopic (exact) mass is 514 g/mol. The molecule has 1 heterocycles. The summed E-state index contributed by atoms with van der Waals surface area (Å²) < 4.78 is 41.1. The number of hydrogen-bond acceptors (Lipinski definition) is 3. The summed E-state index contributed by atoms with van der Waals surface area (Å²) in [5.41, 5.74) is 0.936. The third-order valence-electron chi connectivity index (χ3n) is 4.40. The van der Waals surface area contributed by atoms with E-state index in [1.807, 2.05) is 0 Å². The molecule has 0 spiro atoms. The highest BCUT2D eigenvalue weighted by Crippen LogP contribution is 2.18. The minimum Gasteiger partial charge on any atom is -0.484 e. The fourth-order valence-electron chi connectivity index (χ4n) is 2.95. The Labute approximate surface area is 182 Å². The number of ether oxygens (including phenoxy) is 1. The Hall–Kier alpha value is -1.23. The van der Waals surface area contributed by atoms with Crippen molar-refractivity contribution < 1.29 is 17.9 Å². The molecule has 0 unspecified atom stereocenters. The van der Waals surface area contributed by atoms with Crippen LogP contribution in [0.25, 0.3) is 0 Å². The number of nitrogens with one attached hydrogen (secondary N) is 2. The van der Waals surface area contributed by atoms with E-state index < -0.39 is 12.8 Å². The van der Waals surface area contributed by atoms with E-state index in [-0.39, 0.29) is 29.7 Å². The predicted octanol–water partition coefficient (Wildman–Crippen LogP) is 3.79. The molecule has 1 aliphatic heterocycles. The third-order valence-corrected chi connectivity index (χ3v) is 4.40. The molecule has 1 aromatic carbocycles. The fraction of sp³-hybridized carbons (Fsp3) is 0.632. The first-order valence-corrected chi connectivity index (χ1v) is 9.41. The second-order valence-corrected chi connectivity index (χ2v) is 6.66. The number of hydrogen-bond donors (Lipinski definition) is 2. The van der Waals surface area contributed by atoms with E-state index in [0.717, 1.165) is 25.1 Å². The van der Waals surface area contributed by atoms with Gasteiger partial charge in [-0.1, -0.05) is 12.1 Å². The van der Waals surface area contributed by atoms with Crippen LogP contribution in [0.5, 0.6) is 5.75 Å². The Balaban J connectivity index is 0.00000392. The van der Waals surface area contributed by atoms with Crippen molar-refractivity contribution in [2.24, 2.45) is 4.99 Å². The molecule has 2 rings (SSSR count). The average Bonchev–Trinajstić information content (AvgIpc) is 3.16. The van der Waals surface area contributed by atoms with Crippen molar-refractivity contribution >= 4 is 29.9 Å². The van der Waals surface area contributed by atoms with Gasteiger partial charge >= 0.3 is 6.18 Å². The Morgan fingerprint density at radius 3 is 2.39 bits per heavy atom. The van der Waals surface area contributed by atoms with Crippen molar-refractivity contribution in [2.45, 2.75) is 38.4 Å². The molecule has 0 radical (unpaired) electrons. The maximum Gasteiger partial charge on any atom is 0.422 e. The van der Waals surface area contributed by atoms with E-state index in [2.05, 4.69) is 20.5 Å². The Bertz CT molecular complexity index is 576. The van der Waals surface area contributed by atoms with E-state index in [9.17, 15) is 13.2 Å². The molecule has 0 aromatic heterocycles. The Kier molecular flexibility index (Phi) is 11.6. The number of halogens is 4. The average molecular weight is 514 g/mol. The van der Waals surface area contributed by atoms with E-state index in [0.29, 0.717) is 12.5 Å². The highest BCUT2D eigenvalue weighted by atomic mass is 127. The number of benzene rings is 1. The molecule has 9 heteroatoms. The van der Waals surface area contributed by atoms with Crippen LogP contribution in [0, 0.1) is 0 Å². The molecule has 1 aliphatic rings. The summed E-state index contributed by atoms with van der Waals surface area (Å²) in [6.45, 7) is 3.74. The quantitative estimate of drug-likeness (QED) is 0.228. The van der Waals surface area contributed by atoms with Crippen LogP contribution >= 0.6 is 24.0 Å². The molecule has 0 aliphatic carbocycles. The number of alkyl halides is 3. The number of aliphatic imine (C=N–C) groups is 1. The van der Waals surface area contributed by atoms with E-state index >= 15 is 0 Å². The van der Waals surface area contributed by atoms with Crippen LogP contribution in [-0.4, -0.2) is 56.9 Å². The molecular weight excluding hydrogens is 484 g/mol. The fourth-order valence-corrected chi connectivity index (χ4v) is 2.95. The SMILES string of the molecule is CN=C(NCCCCN1CCCC1)NCc1ccc(OCC(F)(F)F)cc1.I. The number of likely N-dealkylation sites (tertiary alicyclic amines) is 1. The van der Waals surface area contributed by atoms with Crippen molar-refractivity contribution in [3.05, 3.63) is 29.8 Å². The molecule has 1 saturated heterocycles. The summed E-state index contributed by atoms with van der Waals surface area (Å²) in [6, 6.07) is 6.55. The van der Waals surface area contributed by atoms with Crippen LogP contribution in [0.1, 0.15) is 31.2 Å². The van der Waals surface area contributed by atoms with Crippen LogP contribution in [0.4, 0.5) is 13.2 Å². The van der Waals surface area contributed by atoms with Crippen molar-refractivity contribution in [3.63, 3.8) is 0 Å². The summed E-state index contributed by atoms with van der Waals surface area (Å²) in [5, 5.41) is 6.49. The standard InChI is InChI=1S/C19H29F3N4O.HI/c1-23-18(24-10-2-3-11-26-12-4-5-13-26)25-14-16-6-8-17(9-7-16)27-15-19(20,21)22;/h6-9H,2-5,10-15H2,1H3,(H2,23,24,25);1H. The van der Waals surface area contributed by atoms with Crippen LogP contribution in [0.15, 0.2) is 29.3 Å². The molecule has 0 saturated carbocycles. The zero-order valence-electron chi connectivity index (χ0n) is 16.2.